The smallest absolute Gasteiger partial charge is 0.270 e. The first kappa shape index (κ1) is 16.1. The van der Waals surface area contributed by atoms with Crippen molar-refractivity contribution in [1.29, 1.82) is 0 Å². The summed E-state index contributed by atoms with van der Waals surface area (Å²) in [6.07, 6.45) is 3.61. The minimum Gasteiger partial charge on any atom is -0.359 e. The van der Waals surface area contributed by atoms with Gasteiger partial charge in [-0.15, -0.1) is 0 Å². The quantitative estimate of drug-likeness (QED) is 0.900. The molecule has 0 spiro atoms. The summed E-state index contributed by atoms with van der Waals surface area (Å²) in [5, 5.41) is 2.69. The van der Waals surface area contributed by atoms with E-state index in [0.29, 0.717) is 25.2 Å². The van der Waals surface area contributed by atoms with E-state index in [4.69, 9.17) is 0 Å². The summed E-state index contributed by atoms with van der Waals surface area (Å²) in [5.41, 5.74) is 0.203. The van der Waals surface area contributed by atoms with Gasteiger partial charge in [-0.05, 0) is 41.8 Å². The Morgan fingerprint density at radius 3 is 2.81 bits per heavy atom. The van der Waals surface area contributed by atoms with Crippen molar-refractivity contribution in [2.75, 3.05) is 20.1 Å². The predicted molar refractivity (Wildman–Crippen MR) is 85.1 cm³/mol. The fraction of sp³-hybridized carbons (Fsp3) is 0.600. The van der Waals surface area contributed by atoms with E-state index in [-0.39, 0.29) is 11.8 Å². The average Bonchev–Trinajstić information content (AvgIpc) is 3.02. The molecule has 2 amide bonds. The van der Waals surface area contributed by atoms with Gasteiger partial charge in [0.05, 0.1) is 5.41 Å². The van der Waals surface area contributed by atoms with E-state index < -0.39 is 5.41 Å². The standard InChI is InChI=1S/C15H22BrN3O2/c1-4-6-18-9-11(16)8-12(18)13(20)19-7-5-15(2,10-19)14(21)17-3/h8-9H,4-7,10H2,1-3H3,(H,17,21). The zero-order chi connectivity index (χ0) is 15.6. The maximum Gasteiger partial charge on any atom is 0.270 e. The van der Waals surface area contributed by atoms with E-state index in [1.807, 2.05) is 23.8 Å². The van der Waals surface area contributed by atoms with E-state index in [1.54, 1.807) is 11.9 Å². The minimum absolute atomic E-state index is 0.00165. The zero-order valence-electron chi connectivity index (χ0n) is 12.8. The minimum atomic E-state index is -0.482. The second-order valence-corrected chi connectivity index (χ2v) is 6.77. The molecule has 1 aromatic rings. The van der Waals surface area contributed by atoms with Gasteiger partial charge < -0.3 is 14.8 Å². The van der Waals surface area contributed by atoms with Gasteiger partial charge in [0.2, 0.25) is 5.91 Å². The molecule has 21 heavy (non-hydrogen) atoms. The molecule has 0 saturated carbocycles. The molecule has 1 saturated heterocycles. The first-order valence-corrected chi connectivity index (χ1v) is 8.07. The summed E-state index contributed by atoms with van der Waals surface area (Å²) < 4.78 is 2.88. The molecule has 1 unspecified atom stereocenters. The topological polar surface area (TPSA) is 54.3 Å². The van der Waals surface area contributed by atoms with E-state index in [2.05, 4.69) is 28.2 Å². The van der Waals surface area contributed by atoms with E-state index in [1.165, 1.54) is 0 Å². The number of halogens is 1. The van der Waals surface area contributed by atoms with Crippen molar-refractivity contribution in [2.24, 2.45) is 5.41 Å². The van der Waals surface area contributed by atoms with Crippen molar-refractivity contribution >= 4 is 27.7 Å². The maximum absolute atomic E-state index is 12.7. The molecule has 0 aromatic carbocycles. The van der Waals surface area contributed by atoms with Crippen LogP contribution in [0.1, 0.15) is 37.2 Å². The maximum atomic E-state index is 12.7. The molecule has 6 heteroatoms. The molecule has 2 heterocycles. The number of aromatic nitrogens is 1. The third-order valence-electron chi connectivity index (χ3n) is 4.08. The Morgan fingerprint density at radius 2 is 2.19 bits per heavy atom. The third kappa shape index (κ3) is 3.15. The van der Waals surface area contributed by atoms with Gasteiger partial charge in [-0.25, -0.2) is 0 Å². The molecule has 0 radical (unpaired) electrons. The Hall–Kier alpha value is -1.30. The molecule has 1 atom stereocenters. The number of amides is 2. The van der Waals surface area contributed by atoms with Gasteiger partial charge in [0.25, 0.3) is 5.91 Å². The van der Waals surface area contributed by atoms with Crippen LogP contribution in [-0.4, -0.2) is 41.4 Å². The number of hydrogen-bond donors (Lipinski definition) is 1. The number of likely N-dealkylation sites (tertiary alicyclic amines) is 1. The van der Waals surface area contributed by atoms with Crippen molar-refractivity contribution in [2.45, 2.75) is 33.2 Å². The van der Waals surface area contributed by atoms with E-state index >= 15 is 0 Å². The molecule has 2 rings (SSSR count). The van der Waals surface area contributed by atoms with Gasteiger partial charge in [-0.2, -0.15) is 0 Å². The second kappa shape index (κ2) is 6.22. The molecule has 1 N–H and O–H groups in total. The fourth-order valence-electron chi connectivity index (χ4n) is 2.86. The van der Waals surface area contributed by atoms with Crippen molar-refractivity contribution in [3.63, 3.8) is 0 Å². The first-order valence-electron chi connectivity index (χ1n) is 7.28. The lowest BCUT2D eigenvalue weighted by atomic mass is 9.89. The van der Waals surface area contributed by atoms with Gasteiger partial charge in [0, 0.05) is 37.4 Å². The summed E-state index contributed by atoms with van der Waals surface area (Å²) in [4.78, 5) is 26.4. The van der Waals surface area contributed by atoms with Crippen molar-refractivity contribution < 1.29 is 9.59 Å². The number of carbonyl (C=O) groups excluding carboxylic acids is 2. The van der Waals surface area contributed by atoms with Crippen LogP contribution in [0.25, 0.3) is 0 Å². The number of nitrogens with one attached hydrogen (secondary N) is 1. The number of hydrogen-bond acceptors (Lipinski definition) is 2. The van der Waals surface area contributed by atoms with Crippen LogP contribution < -0.4 is 5.32 Å². The molecule has 0 bridgehead atoms. The summed E-state index contributed by atoms with van der Waals surface area (Å²) in [7, 11) is 1.64. The van der Waals surface area contributed by atoms with Crippen LogP contribution in [0.2, 0.25) is 0 Å². The van der Waals surface area contributed by atoms with Gasteiger partial charge in [0.15, 0.2) is 0 Å². The molecule has 1 aliphatic rings. The van der Waals surface area contributed by atoms with Crippen LogP contribution in [0.3, 0.4) is 0 Å². The second-order valence-electron chi connectivity index (χ2n) is 5.85. The molecule has 116 valence electrons. The van der Waals surface area contributed by atoms with Crippen molar-refractivity contribution in [3.8, 4) is 0 Å². The highest BCUT2D eigenvalue weighted by Gasteiger charge is 2.42. The Bertz CT molecular complexity index is 555. The monoisotopic (exact) mass is 355 g/mol. The fourth-order valence-corrected chi connectivity index (χ4v) is 3.33. The predicted octanol–water partition coefficient (Wildman–Crippen LogP) is 2.26. The molecule has 0 aliphatic carbocycles. The average molecular weight is 356 g/mol. The van der Waals surface area contributed by atoms with Crippen molar-refractivity contribution in [3.05, 3.63) is 22.4 Å². The molecule has 1 aromatic heterocycles. The number of aryl methyl sites for hydroxylation is 1. The Labute approximate surface area is 133 Å². The highest BCUT2D eigenvalue weighted by molar-refractivity contribution is 9.10. The zero-order valence-corrected chi connectivity index (χ0v) is 14.4. The van der Waals surface area contributed by atoms with Gasteiger partial charge in [0.1, 0.15) is 5.69 Å². The summed E-state index contributed by atoms with van der Waals surface area (Å²) in [6, 6.07) is 1.85. The molecule has 1 aliphatic heterocycles. The lowest BCUT2D eigenvalue weighted by Gasteiger charge is -2.23. The SMILES string of the molecule is CCCn1cc(Br)cc1C(=O)N1CCC(C)(C(=O)NC)C1. The third-order valence-corrected chi connectivity index (χ3v) is 4.52. The molecule has 5 nitrogen and oxygen atoms in total. The van der Waals surface area contributed by atoms with Crippen LogP contribution in [0.15, 0.2) is 16.7 Å². The highest BCUT2D eigenvalue weighted by Crippen LogP contribution is 2.31. The summed E-state index contributed by atoms with van der Waals surface area (Å²) in [5.74, 6) is 0.00435. The normalized spacial score (nSPS) is 21.6. The van der Waals surface area contributed by atoms with E-state index in [0.717, 1.165) is 17.4 Å². The van der Waals surface area contributed by atoms with Crippen LogP contribution in [0.4, 0.5) is 0 Å². The van der Waals surface area contributed by atoms with Crippen LogP contribution in [-0.2, 0) is 11.3 Å². The molecular formula is C15H22BrN3O2. The molecular weight excluding hydrogens is 334 g/mol. The number of carbonyl (C=O) groups is 2. The van der Waals surface area contributed by atoms with Crippen LogP contribution in [0, 0.1) is 5.41 Å². The molecule has 1 fully saturated rings. The van der Waals surface area contributed by atoms with E-state index in [9.17, 15) is 9.59 Å². The first-order chi connectivity index (χ1) is 9.91. The lowest BCUT2D eigenvalue weighted by Crippen LogP contribution is -2.40. The van der Waals surface area contributed by atoms with Gasteiger partial charge in [-0.3, -0.25) is 9.59 Å². The van der Waals surface area contributed by atoms with Crippen molar-refractivity contribution in [1.82, 2.24) is 14.8 Å². The largest absolute Gasteiger partial charge is 0.359 e. The van der Waals surface area contributed by atoms with Gasteiger partial charge in [-0.1, -0.05) is 6.92 Å². The van der Waals surface area contributed by atoms with Crippen LogP contribution >= 0.6 is 15.9 Å². The van der Waals surface area contributed by atoms with Crippen LogP contribution in [0.5, 0.6) is 0 Å². The summed E-state index contributed by atoms with van der Waals surface area (Å²) >= 11 is 3.43. The summed E-state index contributed by atoms with van der Waals surface area (Å²) in [6.45, 7) is 5.91. The Morgan fingerprint density at radius 1 is 1.48 bits per heavy atom. The lowest BCUT2D eigenvalue weighted by molar-refractivity contribution is -0.128. The van der Waals surface area contributed by atoms with Gasteiger partial charge >= 0.3 is 0 Å². The Kier molecular flexibility index (Phi) is 4.76. The number of rotatable bonds is 4. The number of nitrogens with zero attached hydrogens (tertiary/aromatic N) is 2. The Balaban J connectivity index is 2.17. The highest BCUT2D eigenvalue weighted by atomic mass is 79.9.